The highest BCUT2D eigenvalue weighted by molar-refractivity contribution is 9.09. The number of nitrogens with zero attached hydrogens (tertiary/aromatic N) is 1. The van der Waals surface area contributed by atoms with E-state index >= 15 is 0 Å². The molecule has 1 aromatic rings. The number of rotatable bonds is 2. The van der Waals surface area contributed by atoms with E-state index in [4.69, 9.17) is 0 Å². The second-order valence-electron chi connectivity index (χ2n) is 4.28. The van der Waals surface area contributed by atoms with Gasteiger partial charge in [0.15, 0.2) is 0 Å². The Morgan fingerprint density at radius 1 is 1.21 bits per heavy atom. The van der Waals surface area contributed by atoms with Crippen LogP contribution in [0.4, 0.5) is 5.69 Å². The van der Waals surface area contributed by atoms with Gasteiger partial charge in [-0.25, -0.2) is 0 Å². The van der Waals surface area contributed by atoms with Gasteiger partial charge in [-0.1, -0.05) is 54.9 Å². The number of aliphatic imine (C=N–C) groups is 1. The molecule has 0 radical (unpaired) electrons. The number of hydrogen-bond donors (Lipinski definition) is 0. The lowest BCUT2D eigenvalue weighted by Crippen LogP contribution is -2.21. The number of hydrogen-bond acceptors (Lipinski definition) is 1. The van der Waals surface area contributed by atoms with Gasteiger partial charge in [0.1, 0.15) is 0 Å². The molecule has 1 rings (SSSR count). The molecule has 0 saturated heterocycles. The summed E-state index contributed by atoms with van der Waals surface area (Å²) in [5.74, 6) is 0. The molecule has 0 unspecified atom stereocenters. The first kappa shape index (κ1) is 11.4. The van der Waals surface area contributed by atoms with E-state index in [9.17, 15) is 0 Å². The minimum atomic E-state index is 0.124. The van der Waals surface area contributed by atoms with Gasteiger partial charge < -0.3 is 0 Å². The fourth-order valence-electron chi connectivity index (χ4n) is 1.06. The summed E-state index contributed by atoms with van der Waals surface area (Å²) < 4.78 is 0. The molecular formula is C12H16BrN. The lowest BCUT2D eigenvalue weighted by Gasteiger charge is -2.19. The van der Waals surface area contributed by atoms with Crippen molar-refractivity contribution in [3.63, 3.8) is 0 Å². The maximum Gasteiger partial charge on any atom is 0.0629 e. The zero-order valence-electron chi connectivity index (χ0n) is 8.92. The molecule has 0 N–H and O–H groups in total. The Labute approximate surface area is 94.4 Å². The SMILES string of the molecule is CC(C)(C)C(CBr)=Nc1ccccc1. The topological polar surface area (TPSA) is 12.4 Å². The van der Waals surface area contributed by atoms with Crippen molar-refractivity contribution in [1.29, 1.82) is 0 Å². The van der Waals surface area contributed by atoms with E-state index in [-0.39, 0.29) is 5.41 Å². The maximum absolute atomic E-state index is 4.62. The van der Waals surface area contributed by atoms with Gasteiger partial charge in [0.05, 0.1) is 5.69 Å². The summed E-state index contributed by atoms with van der Waals surface area (Å²) in [6.45, 7) is 6.53. The van der Waals surface area contributed by atoms with Crippen LogP contribution in [0.1, 0.15) is 20.8 Å². The van der Waals surface area contributed by atoms with E-state index in [1.54, 1.807) is 0 Å². The number of halogens is 1. The minimum Gasteiger partial charge on any atom is -0.256 e. The molecule has 0 atom stereocenters. The third-order valence-electron chi connectivity index (χ3n) is 2.01. The summed E-state index contributed by atoms with van der Waals surface area (Å²) in [7, 11) is 0. The van der Waals surface area contributed by atoms with Gasteiger partial charge in [0, 0.05) is 16.5 Å². The van der Waals surface area contributed by atoms with Crippen molar-refractivity contribution in [2.75, 3.05) is 5.33 Å². The largest absolute Gasteiger partial charge is 0.256 e. The Kier molecular flexibility index (Phi) is 3.87. The van der Waals surface area contributed by atoms with Gasteiger partial charge in [-0.05, 0) is 12.1 Å². The number of alkyl halides is 1. The lowest BCUT2D eigenvalue weighted by atomic mass is 9.91. The molecule has 0 aliphatic carbocycles. The molecule has 0 heterocycles. The molecule has 1 nitrogen and oxygen atoms in total. The van der Waals surface area contributed by atoms with Crippen molar-refractivity contribution in [2.24, 2.45) is 10.4 Å². The molecule has 0 spiro atoms. The monoisotopic (exact) mass is 253 g/mol. The predicted octanol–water partition coefficient (Wildman–Crippen LogP) is 4.20. The molecule has 0 bridgehead atoms. The highest BCUT2D eigenvalue weighted by Gasteiger charge is 2.17. The molecule has 0 saturated carbocycles. The van der Waals surface area contributed by atoms with E-state index in [1.807, 2.05) is 30.3 Å². The molecule has 1 aromatic carbocycles. The molecular weight excluding hydrogens is 238 g/mol. The van der Waals surface area contributed by atoms with Gasteiger partial charge in [0.2, 0.25) is 0 Å². The quantitative estimate of drug-likeness (QED) is 0.554. The van der Waals surface area contributed by atoms with Gasteiger partial charge in [-0.3, -0.25) is 4.99 Å². The third-order valence-corrected chi connectivity index (χ3v) is 2.54. The van der Waals surface area contributed by atoms with Crippen LogP contribution in [-0.2, 0) is 0 Å². The Morgan fingerprint density at radius 3 is 2.21 bits per heavy atom. The highest BCUT2D eigenvalue weighted by Crippen LogP contribution is 2.21. The van der Waals surface area contributed by atoms with Crippen LogP contribution in [0.2, 0.25) is 0 Å². The van der Waals surface area contributed by atoms with Crippen LogP contribution in [0.3, 0.4) is 0 Å². The smallest absolute Gasteiger partial charge is 0.0629 e. The zero-order valence-corrected chi connectivity index (χ0v) is 10.5. The molecule has 0 aliphatic rings. The standard InChI is InChI=1S/C12H16BrN/c1-12(2,3)11(9-13)14-10-7-5-4-6-8-10/h4-8H,9H2,1-3H3. The molecule has 76 valence electrons. The van der Waals surface area contributed by atoms with Gasteiger partial charge in [0.25, 0.3) is 0 Å². The van der Waals surface area contributed by atoms with E-state index in [1.165, 1.54) is 5.71 Å². The molecule has 0 amide bonds. The fraction of sp³-hybridized carbons (Fsp3) is 0.417. The van der Waals surface area contributed by atoms with Crippen LogP contribution in [-0.4, -0.2) is 11.0 Å². The first-order chi connectivity index (χ1) is 6.54. The number of para-hydroxylation sites is 1. The normalized spacial score (nSPS) is 13.0. The van der Waals surface area contributed by atoms with E-state index in [0.717, 1.165) is 11.0 Å². The van der Waals surface area contributed by atoms with Crippen LogP contribution < -0.4 is 0 Å². The Hall–Kier alpha value is -0.630. The van der Waals surface area contributed by atoms with Crippen molar-refractivity contribution < 1.29 is 0 Å². The first-order valence-electron chi connectivity index (χ1n) is 4.73. The summed E-state index contributed by atoms with van der Waals surface area (Å²) in [4.78, 5) is 4.62. The average Bonchev–Trinajstić information content (AvgIpc) is 2.14. The summed E-state index contributed by atoms with van der Waals surface area (Å²) in [5.41, 5.74) is 2.32. The Balaban J connectivity index is 2.96. The summed E-state index contributed by atoms with van der Waals surface area (Å²) >= 11 is 3.48. The Bertz CT molecular complexity index is 309. The summed E-state index contributed by atoms with van der Waals surface area (Å²) in [5, 5.41) is 0.825. The van der Waals surface area contributed by atoms with Crippen molar-refractivity contribution in [3.8, 4) is 0 Å². The Morgan fingerprint density at radius 2 is 1.79 bits per heavy atom. The van der Waals surface area contributed by atoms with Crippen molar-refractivity contribution in [2.45, 2.75) is 20.8 Å². The minimum absolute atomic E-state index is 0.124. The van der Waals surface area contributed by atoms with Crippen LogP contribution in [0, 0.1) is 5.41 Å². The second kappa shape index (κ2) is 4.74. The van der Waals surface area contributed by atoms with E-state index < -0.39 is 0 Å². The van der Waals surface area contributed by atoms with Crippen LogP contribution in [0.25, 0.3) is 0 Å². The number of benzene rings is 1. The zero-order chi connectivity index (χ0) is 10.6. The third kappa shape index (κ3) is 3.26. The lowest BCUT2D eigenvalue weighted by molar-refractivity contribution is 0.589. The molecule has 0 aliphatic heterocycles. The van der Waals surface area contributed by atoms with Gasteiger partial charge in [-0.15, -0.1) is 0 Å². The molecule has 14 heavy (non-hydrogen) atoms. The predicted molar refractivity (Wildman–Crippen MR) is 66.8 cm³/mol. The van der Waals surface area contributed by atoms with E-state index in [2.05, 4.69) is 41.7 Å². The van der Waals surface area contributed by atoms with Gasteiger partial charge in [-0.2, -0.15) is 0 Å². The van der Waals surface area contributed by atoms with Gasteiger partial charge >= 0.3 is 0 Å². The molecule has 0 fully saturated rings. The summed E-state index contributed by atoms with van der Waals surface area (Å²) in [6, 6.07) is 10.1. The molecule has 2 heteroatoms. The average molecular weight is 254 g/mol. The van der Waals surface area contributed by atoms with Crippen LogP contribution >= 0.6 is 15.9 Å². The fourth-order valence-corrected chi connectivity index (χ4v) is 2.02. The molecule has 0 aromatic heterocycles. The van der Waals surface area contributed by atoms with Crippen LogP contribution in [0.5, 0.6) is 0 Å². The summed E-state index contributed by atoms with van der Waals surface area (Å²) in [6.07, 6.45) is 0. The van der Waals surface area contributed by atoms with Crippen molar-refractivity contribution >= 4 is 27.3 Å². The maximum atomic E-state index is 4.62. The highest BCUT2D eigenvalue weighted by atomic mass is 79.9. The van der Waals surface area contributed by atoms with E-state index in [0.29, 0.717) is 0 Å². The van der Waals surface area contributed by atoms with Crippen molar-refractivity contribution in [1.82, 2.24) is 0 Å². The van der Waals surface area contributed by atoms with Crippen LogP contribution in [0.15, 0.2) is 35.3 Å². The second-order valence-corrected chi connectivity index (χ2v) is 4.84. The van der Waals surface area contributed by atoms with Crippen molar-refractivity contribution in [3.05, 3.63) is 30.3 Å². The first-order valence-corrected chi connectivity index (χ1v) is 5.85.